The molecule has 1 unspecified atom stereocenters. The number of carbonyl (C=O) groups excluding carboxylic acids is 1. The van der Waals surface area contributed by atoms with Crippen LogP contribution in [0.2, 0.25) is 0 Å². The van der Waals surface area contributed by atoms with Crippen molar-refractivity contribution >= 4 is 11.9 Å². The standard InChI is InChI=1S/C16H21F2NO3/c1-10(2)8-14(16(21)22)19-15(20)5-3-4-11-6-7-12(17)13(18)9-11/h6-7,9-10,14H,3-5,8H2,1-2H3,(H,19,20)(H,21,22). The maximum Gasteiger partial charge on any atom is 0.326 e. The monoisotopic (exact) mass is 313 g/mol. The van der Waals surface area contributed by atoms with Gasteiger partial charge < -0.3 is 10.4 Å². The molecule has 1 aromatic carbocycles. The second-order valence-corrected chi connectivity index (χ2v) is 5.69. The van der Waals surface area contributed by atoms with Crippen molar-refractivity contribution in [3.05, 3.63) is 35.4 Å². The maximum atomic E-state index is 13.0. The lowest BCUT2D eigenvalue weighted by Crippen LogP contribution is -2.41. The summed E-state index contributed by atoms with van der Waals surface area (Å²) in [6, 6.07) is 2.73. The van der Waals surface area contributed by atoms with E-state index in [-0.39, 0.29) is 18.2 Å². The predicted octanol–water partition coefficient (Wildman–Crippen LogP) is 2.90. The Hall–Kier alpha value is -1.98. The summed E-state index contributed by atoms with van der Waals surface area (Å²) in [5, 5.41) is 11.5. The van der Waals surface area contributed by atoms with E-state index in [9.17, 15) is 18.4 Å². The van der Waals surface area contributed by atoms with Gasteiger partial charge in [-0.25, -0.2) is 13.6 Å². The van der Waals surface area contributed by atoms with Crippen LogP contribution in [0.1, 0.15) is 38.7 Å². The van der Waals surface area contributed by atoms with E-state index in [1.54, 1.807) is 0 Å². The molecule has 1 amide bonds. The van der Waals surface area contributed by atoms with E-state index in [0.717, 1.165) is 12.1 Å². The zero-order valence-corrected chi connectivity index (χ0v) is 12.7. The number of hydrogen-bond donors (Lipinski definition) is 2. The van der Waals surface area contributed by atoms with Crippen molar-refractivity contribution in [2.75, 3.05) is 0 Å². The first-order valence-electron chi connectivity index (χ1n) is 7.25. The first kappa shape index (κ1) is 18.1. The molecule has 122 valence electrons. The lowest BCUT2D eigenvalue weighted by atomic mass is 10.0. The van der Waals surface area contributed by atoms with Crippen LogP contribution in [0.4, 0.5) is 8.78 Å². The van der Waals surface area contributed by atoms with E-state index in [1.807, 2.05) is 13.8 Å². The molecule has 0 aliphatic carbocycles. The summed E-state index contributed by atoms with van der Waals surface area (Å²) in [4.78, 5) is 22.8. The first-order chi connectivity index (χ1) is 10.3. The molecule has 0 aliphatic heterocycles. The molecule has 1 aromatic rings. The zero-order valence-electron chi connectivity index (χ0n) is 12.7. The van der Waals surface area contributed by atoms with Crippen molar-refractivity contribution in [1.29, 1.82) is 0 Å². The van der Waals surface area contributed by atoms with Gasteiger partial charge in [-0.15, -0.1) is 0 Å². The van der Waals surface area contributed by atoms with Crippen molar-refractivity contribution in [3.63, 3.8) is 0 Å². The molecular formula is C16H21F2NO3. The quantitative estimate of drug-likeness (QED) is 0.775. The summed E-state index contributed by atoms with van der Waals surface area (Å²) in [6.45, 7) is 3.76. The number of carboxylic acids is 1. The van der Waals surface area contributed by atoms with Crippen LogP contribution < -0.4 is 5.32 Å². The third-order valence-corrected chi connectivity index (χ3v) is 3.19. The minimum absolute atomic E-state index is 0.140. The number of halogens is 2. The molecule has 0 aromatic heterocycles. The number of nitrogens with one attached hydrogen (secondary N) is 1. The normalized spacial score (nSPS) is 12.2. The number of aryl methyl sites for hydroxylation is 1. The van der Waals surface area contributed by atoms with Crippen molar-refractivity contribution in [2.45, 2.75) is 45.6 Å². The van der Waals surface area contributed by atoms with Crippen LogP contribution in [-0.4, -0.2) is 23.0 Å². The lowest BCUT2D eigenvalue weighted by Gasteiger charge is -2.16. The van der Waals surface area contributed by atoms with Crippen LogP contribution in [0.5, 0.6) is 0 Å². The molecule has 1 rings (SSSR count). The van der Waals surface area contributed by atoms with Crippen molar-refractivity contribution in [3.8, 4) is 0 Å². The van der Waals surface area contributed by atoms with Crippen LogP contribution in [0.25, 0.3) is 0 Å². The van der Waals surface area contributed by atoms with E-state index in [2.05, 4.69) is 5.32 Å². The number of hydrogen-bond acceptors (Lipinski definition) is 2. The molecule has 0 saturated carbocycles. The minimum Gasteiger partial charge on any atom is -0.480 e. The average Bonchev–Trinajstić information content (AvgIpc) is 2.41. The summed E-state index contributed by atoms with van der Waals surface area (Å²) >= 11 is 0. The molecule has 0 fully saturated rings. The van der Waals surface area contributed by atoms with Gasteiger partial charge in [-0.2, -0.15) is 0 Å². The van der Waals surface area contributed by atoms with Gasteiger partial charge in [-0.1, -0.05) is 19.9 Å². The van der Waals surface area contributed by atoms with Gasteiger partial charge in [-0.05, 0) is 42.9 Å². The first-order valence-corrected chi connectivity index (χ1v) is 7.25. The number of benzene rings is 1. The summed E-state index contributed by atoms with van der Waals surface area (Å²) in [6.07, 6.45) is 1.36. The molecule has 4 nitrogen and oxygen atoms in total. The molecule has 6 heteroatoms. The molecule has 2 N–H and O–H groups in total. The van der Waals surface area contributed by atoms with Gasteiger partial charge in [0.2, 0.25) is 5.91 Å². The smallest absolute Gasteiger partial charge is 0.326 e. The summed E-state index contributed by atoms with van der Waals surface area (Å²) in [7, 11) is 0. The van der Waals surface area contributed by atoms with Gasteiger partial charge in [0, 0.05) is 6.42 Å². The topological polar surface area (TPSA) is 66.4 Å². The van der Waals surface area contributed by atoms with Gasteiger partial charge in [0.1, 0.15) is 6.04 Å². The number of amides is 1. The average molecular weight is 313 g/mol. The SMILES string of the molecule is CC(C)CC(NC(=O)CCCc1ccc(F)c(F)c1)C(=O)O. The van der Waals surface area contributed by atoms with E-state index >= 15 is 0 Å². The second-order valence-electron chi connectivity index (χ2n) is 5.69. The fourth-order valence-electron chi connectivity index (χ4n) is 2.11. The predicted molar refractivity (Wildman–Crippen MR) is 78.3 cm³/mol. The number of aliphatic carboxylic acids is 1. The maximum absolute atomic E-state index is 13.0. The number of rotatable bonds is 8. The van der Waals surface area contributed by atoms with E-state index in [1.165, 1.54) is 6.07 Å². The van der Waals surface area contributed by atoms with Crippen molar-refractivity contribution in [2.24, 2.45) is 5.92 Å². The fraction of sp³-hybridized carbons (Fsp3) is 0.500. The largest absolute Gasteiger partial charge is 0.480 e. The molecule has 0 heterocycles. The highest BCUT2D eigenvalue weighted by atomic mass is 19.2. The Balaban J connectivity index is 2.41. The molecular weight excluding hydrogens is 292 g/mol. The molecule has 22 heavy (non-hydrogen) atoms. The van der Waals surface area contributed by atoms with Crippen LogP contribution in [0.3, 0.4) is 0 Å². The summed E-state index contributed by atoms with van der Waals surface area (Å²) in [5.41, 5.74) is 0.601. The third kappa shape index (κ3) is 6.20. The van der Waals surface area contributed by atoms with Crippen LogP contribution in [-0.2, 0) is 16.0 Å². The second kappa shape index (κ2) is 8.46. The van der Waals surface area contributed by atoms with Gasteiger partial charge in [0.25, 0.3) is 0 Å². The van der Waals surface area contributed by atoms with E-state index in [4.69, 9.17) is 5.11 Å². The zero-order chi connectivity index (χ0) is 16.7. The minimum atomic E-state index is -1.05. The Bertz CT molecular complexity index is 532. The Morgan fingerprint density at radius 3 is 2.45 bits per heavy atom. The van der Waals surface area contributed by atoms with Crippen LogP contribution >= 0.6 is 0 Å². The summed E-state index contributed by atoms with van der Waals surface area (Å²) in [5.74, 6) is -3.06. The Labute approximate surface area is 128 Å². The fourth-order valence-corrected chi connectivity index (χ4v) is 2.11. The van der Waals surface area contributed by atoms with E-state index < -0.39 is 23.6 Å². The molecule has 0 radical (unpaired) electrons. The molecule has 0 saturated heterocycles. The lowest BCUT2D eigenvalue weighted by molar-refractivity contribution is -0.142. The Kier molecular flexibility index (Phi) is 6.95. The highest BCUT2D eigenvalue weighted by Crippen LogP contribution is 2.11. The van der Waals surface area contributed by atoms with Gasteiger partial charge in [0.05, 0.1) is 0 Å². The number of carboxylic acid groups (broad SMARTS) is 1. The highest BCUT2D eigenvalue weighted by Gasteiger charge is 2.20. The van der Waals surface area contributed by atoms with Crippen molar-refractivity contribution in [1.82, 2.24) is 5.32 Å². The van der Waals surface area contributed by atoms with Gasteiger partial charge >= 0.3 is 5.97 Å². The molecule has 0 bridgehead atoms. The van der Waals surface area contributed by atoms with Gasteiger partial charge in [0.15, 0.2) is 11.6 Å². The third-order valence-electron chi connectivity index (χ3n) is 3.19. The highest BCUT2D eigenvalue weighted by molar-refractivity contribution is 5.83. The Morgan fingerprint density at radius 2 is 1.91 bits per heavy atom. The van der Waals surface area contributed by atoms with Crippen LogP contribution in [0.15, 0.2) is 18.2 Å². The molecule has 0 aliphatic rings. The van der Waals surface area contributed by atoms with E-state index in [0.29, 0.717) is 24.8 Å². The number of carbonyl (C=O) groups is 2. The van der Waals surface area contributed by atoms with Crippen molar-refractivity contribution < 1.29 is 23.5 Å². The van der Waals surface area contributed by atoms with Crippen LogP contribution in [0, 0.1) is 17.6 Å². The van der Waals surface area contributed by atoms with Gasteiger partial charge in [-0.3, -0.25) is 4.79 Å². The molecule has 1 atom stereocenters. The molecule has 0 spiro atoms. The Morgan fingerprint density at radius 1 is 1.23 bits per heavy atom. The summed E-state index contributed by atoms with van der Waals surface area (Å²) < 4.78 is 25.8.